The van der Waals surface area contributed by atoms with Crippen LogP contribution >= 0.6 is 11.3 Å². The summed E-state index contributed by atoms with van der Waals surface area (Å²) in [6, 6.07) is 2.21. The molecule has 0 saturated carbocycles. The Morgan fingerprint density at radius 1 is 1.56 bits per heavy atom. The molecule has 2 rings (SSSR count). The van der Waals surface area contributed by atoms with Crippen molar-refractivity contribution in [3.05, 3.63) is 16.1 Å². The maximum Gasteiger partial charge on any atom is 0.150 e. The highest BCUT2D eigenvalue weighted by atomic mass is 32.1. The van der Waals surface area contributed by atoms with Crippen LogP contribution in [0.4, 0.5) is 0 Å². The van der Waals surface area contributed by atoms with E-state index in [1.807, 2.05) is 12.3 Å². The summed E-state index contributed by atoms with van der Waals surface area (Å²) in [6.45, 7) is 5.88. The summed E-state index contributed by atoms with van der Waals surface area (Å²) in [5.74, 6) is 0. The predicted molar refractivity (Wildman–Crippen MR) is 64.3 cm³/mol. The smallest absolute Gasteiger partial charge is 0.150 e. The van der Waals surface area contributed by atoms with Crippen molar-refractivity contribution < 1.29 is 0 Å². The first-order chi connectivity index (χ1) is 7.81. The van der Waals surface area contributed by atoms with Gasteiger partial charge in [-0.05, 0) is 19.9 Å². The zero-order chi connectivity index (χ0) is 11.4. The molecular formula is C11H16N4S. The lowest BCUT2D eigenvalue weighted by Crippen LogP contribution is -2.31. The van der Waals surface area contributed by atoms with Gasteiger partial charge in [-0.1, -0.05) is 0 Å². The van der Waals surface area contributed by atoms with Crippen molar-refractivity contribution in [3.63, 3.8) is 0 Å². The van der Waals surface area contributed by atoms with E-state index in [9.17, 15) is 5.26 Å². The van der Waals surface area contributed by atoms with Crippen molar-refractivity contribution in [1.82, 2.24) is 15.2 Å². The first-order valence-electron chi connectivity index (χ1n) is 5.57. The summed E-state index contributed by atoms with van der Waals surface area (Å²) in [5.41, 5.74) is 1.01. The van der Waals surface area contributed by atoms with Crippen molar-refractivity contribution in [3.8, 4) is 6.07 Å². The van der Waals surface area contributed by atoms with E-state index in [0.717, 1.165) is 43.3 Å². The van der Waals surface area contributed by atoms with Crippen LogP contribution in [-0.4, -0.2) is 36.1 Å². The molecule has 1 aromatic rings. The maximum atomic E-state index is 9.29. The molecule has 4 nitrogen and oxygen atoms in total. The zero-order valence-electron chi connectivity index (χ0n) is 9.44. The molecule has 0 radical (unpaired) electrons. The average Bonchev–Trinajstić information content (AvgIpc) is 2.55. The Morgan fingerprint density at radius 2 is 2.44 bits per heavy atom. The van der Waals surface area contributed by atoms with Crippen LogP contribution in [0.25, 0.3) is 0 Å². The van der Waals surface area contributed by atoms with Gasteiger partial charge in [0.1, 0.15) is 5.01 Å². The Morgan fingerprint density at radius 3 is 3.12 bits per heavy atom. The highest BCUT2D eigenvalue weighted by Crippen LogP contribution is 2.23. The van der Waals surface area contributed by atoms with E-state index in [1.54, 1.807) is 11.3 Å². The number of nitrogens with one attached hydrogen (secondary N) is 1. The van der Waals surface area contributed by atoms with Crippen molar-refractivity contribution in [2.75, 3.05) is 26.2 Å². The lowest BCUT2D eigenvalue weighted by atomic mass is 10.2. The highest BCUT2D eigenvalue weighted by Gasteiger charge is 2.23. The average molecular weight is 236 g/mol. The molecule has 1 aliphatic heterocycles. The van der Waals surface area contributed by atoms with Gasteiger partial charge in [-0.3, -0.25) is 4.90 Å². The lowest BCUT2D eigenvalue weighted by Gasteiger charge is -2.23. The first kappa shape index (κ1) is 11.5. The molecule has 1 unspecified atom stereocenters. The molecule has 1 saturated heterocycles. The molecule has 0 bridgehead atoms. The largest absolute Gasteiger partial charge is 0.315 e. The van der Waals surface area contributed by atoms with Crippen molar-refractivity contribution in [2.24, 2.45) is 0 Å². The number of rotatable bonds is 2. The van der Waals surface area contributed by atoms with Crippen molar-refractivity contribution in [1.29, 1.82) is 5.26 Å². The molecule has 16 heavy (non-hydrogen) atoms. The molecular weight excluding hydrogens is 220 g/mol. The van der Waals surface area contributed by atoms with E-state index in [-0.39, 0.29) is 6.04 Å². The van der Waals surface area contributed by atoms with Crippen LogP contribution in [0.5, 0.6) is 0 Å². The fourth-order valence-corrected chi connectivity index (χ4v) is 2.79. The molecule has 0 spiro atoms. The number of thiazole rings is 1. The van der Waals surface area contributed by atoms with Gasteiger partial charge in [0.2, 0.25) is 0 Å². The Balaban J connectivity index is 2.12. The van der Waals surface area contributed by atoms with E-state index in [1.165, 1.54) is 0 Å². The second-order valence-electron chi connectivity index (χ2n) is 4.00. The van der Waals surface area contributed by atoms with Crippen LogP contribution in [0.3, 0.4) is 0 Å². The Kier molecular flexibility index (Phi) is 3.88. The molecule has 1 N–H and O–H groups in total. The standard InChI is InChI=1S/C11H16N4S/c1-9-8-16-11(14-9)10(7-12)15-5-2-3-13-4-6-15/h8,10,13H,2-6H2,1H3. The van der Waals surface area contributed by atoms with Gasteiger partial charge in [-0.15, -0.1) is 11.3 Å². The van der Waals surface area contributed by atoms with Gasteiger partial charge in [0.05, 0.1) is 6.07 Å². The van der Waals surface area contributed by atoms with Gasteiger partial charge in [0.25, 0.3) is 0 Å². The van der Waals surface area contributed by atoms with Crippen molar-refractivity contribution in [2.45, 2.75) is 19.4 Å². The van der Waals surface area contributed by atoms with E-state index in [0.29, 0.717) is 0 Å². The quantitative estimate of drug-likeness (QED) is 0.841. The molecule has 1 aromatic heterocycles. The number of hydrogen-bond acceptors (Lipinski definition) is 5. The highest BCUT2D eigenvalue weighted by molar-refractivity contribution is 7.09. The predicted octanol–water partition coefficient (Wildman–Crippen LogP) is 1.31. The van der Waals surface area contributed by atoms with Crippen LogP contribution in [0, 0.1) is 18.3 Å². The Bertz CT molecular complexity index is 374. The topological polar surface area (TPSA) is 52.0 Å². The van der Waals surface area contributed by atoms with Crippen molar-refractivity contribution >= 4 is 11.3 Å². The lowest BCUT2D eigenvalue weighted by molar-refractivity contribution is 0.252. The van der Waals surface area contributed by atoms with Crippen LogP contribution < -0.4 is 5.32 Å². The van der Waals surface area contributed by atoms with E-state index < -0.39 is 0 Å². The normalized spacial score (nSPS) is 20.0. The number of nitrogens with zero attached hydrogens (tertiary/aromatic N) is 3. The summed E-state index contributed by atoms with van der Waals surface area (Å²) in [6.07, 6.45) is 1.10. The minimum Gasteiger partial charge on any atom is -0.315 e. The number of aryl methyl sites for hydroxylation is 1. The molecule has 2 heterocycles. The number of hydrogen-bond donors (Lipinski definition) is 1. The third kappa shape index (κ3) is 2.59. The second-order valence-corrected chi connectivity index (χ2v) is 4.89. The Hall–Kier alpha value is -0.960. The van der Waals surface area contributed by atoms with Gasteiger partial charge in [-0.25, -0.2) is 4.98 Å². The molecule has 1 aliphatic rings. The third-order valence-corrected chi connectivity index (χ3v) is 3.75. The van der Waals surface area contributed by atoms with E-state index in [2.05, 4.69) is 21.3 Å². The molecule has 0 amide bonds. The molecule has 1 atom stereocenters. The summed E-state index contributed by atoms with van der Waals surface area (Å²) in [4.78, 5) is 6.64. The molecule has 1 fully saturated rings. The van der Waals surface area contributed by atoms with E-state index >= 15 is 0 Å². The van der Waals surface area contributed by atoms with Crippen LogP contribution in [0.1, 0.15) is 23.2 Å². The van der Waals surface area contributed by atoms with Crippen LogP contribution in [0.15, 0.2) is 5.38 Å². The second kappa shape index (κ2) is 5.39. The Labute approximate surface area is 99.9 Å². The first-order valence-corrected chi connectivity index (χ1v) is 6.45. The monoisotopic (exact) mass is 236 g/mol. The van der Waals surface area contributed by atoms with Gasteiger partial charge in [0, 0.05) is 30.7 Å². The number of nitriles is 1. The van der Waals surface area contributed by atoms with Crippen LogP contribution in [-0.2, 0) is 0 Å². The summed E-state index contributed by atoms with van der Waals surface area (Å²) in [5, 5.41) is 15.6. The van der Waals surface area contributed by atoms with Gasteiger partial charge >= 0.3 is 0 Å². The maximum absolute atomic E-state index is 9.29. The molecule has 86 valence electrons. The minimum atomic E-state index is -0.168. The fourth-order valence-electron chi connectivity index (χ4n) is 1.92. The summed E-state index contributed by atoms with van der Waals surface area (Å²) >= 11 is 1.59. The molecule has 0 aliphatic carbocycles. The third-order valence-electron chi connectivity index (χ3n) is 2.73. The summed E-state index contributed by atoms with van der Waals surface area (Å²) < 4.78 is 0. The van der Waals surface area contributed by atoms with Gasteiger partial charge in [0.15, 0.2) is 6.04 Å². The molecule has 5 heteroatoms. The summed E-state index contributed by atoms with van der Waals surface area (Å²) in [7, 11) is 0. The SMILES string of the molecule is Cc1csc(C(C#N)N2CCCNCC2)n1. The molecule has 0 aromatic carbocycles. The van der Waals surface area contributed by atoms with Crippen LogP contribution in [0.2, 0.25) is 0 Å². The number of aromatic nitrogens is 1. The minimum absolute atomic E-state index is 0.168. The zero-order valence-corrected chi connectivity index (χ0v) is 10.3. The van der Waals surface area contributed by atoms with Gasteiger partial charge < -0.3 is 5.32 Å². The van der Waals surface area contributed by atoms with E-state index in [4.69, 9.17) is 0 Å². The fraction of sp³-hybridized carbons (Fsp3) is 0.636. The van der Waals surface area contributed by atoms with Gasteiger partial charge in [-0.2, -0.15) is 5.26 Å².